The molecule has 0 bridgehead atoms. The van der Waals surface area contributed by atoms with Crippen molar-refractivity contribution in [2.24, 2.45) is 0 Å². The number of hydrogen-bond donors (Lipinski definition) is 3. The Labute approximate surface area is 217 Å². The SMILES string of the molecule is Cc1noc(C)c1CN1CCn2cc(CNc3ccccn3)nc2C1.O=C(O)C(F)(F)F.O=C(O)C(F)(F)F. The van der Waals surface area contributed by atoms with Crippen LogP contribution in [0.15, 0.2) is 35.1 Å². The molecule has 1 aliphatic heterocycles. The molecule has 0 saturated heterocycles. The maximum Gasteiger partial charge on any atom is 0.490 e. The van der Waals surface area contributed by atoms with Crippen LogP contribution in [0.3, 0.4) is 0 Å². The number of fused-ring (bicyclic) bond motifs is 1. The number of carboxylic acids is 2. The summed E-state index contributed by atoms with van der Waals surface area (Å²) in [5, 5.41) is 21.6. The number of halogens is 6. The van der Waals surface area contributed by atoms with Gasteiger partial charge in [0.2, 0.25) is 0 Å². The third kappa shape index (κ3) is 9.91. The Bertz CT molecular complexity index is 1200. The highest BCUT2D eigenvalue weighted by atomic mass is 19.4. The molecule has 0 saturated carbocycles. The van der Waals surface area contributed by atoms with Gasteiger partial charge in [-0.15, -0.1) is 0 Å². The number of rotatable bonds is 5. The van der Waals surface area contributed by atoms with Crippen LogP contribution in [0.1, 0.15) is 28.5 Å². The lowest BCUT2D eigenvalue weighted by molar-refractivity contribution is -0.193. The van der Waals surface area contributed by atoms with Gasteiger partial charge in [-0.25, -0.2) is 19.6 Å². The molecule has 4 rings (SSSR count). The number of hydrogen-bond acceptors (Lipinski definition) is 8. The zero-order valence-corrected chi connectivity index (χ0v) is 20.5. The van der Waals surface area contributed by atoms with Crippen LogP contribution < -0.4 is 5.32 Å². The number of carboxylic acid groups (broad SMARTS) is 2. The van der Waals surface area contributed by atoms with Crippen molar-refractivity contribution in [2.45, 2.75) is 52.4 Å². The predicted octanol–water partition coefficient (Wildman–Crippen LogP) is 3.78. The van der Waals surface area contributed by atoms with Gasteiger partial charge in [0.1, 0.15) is 17.4 Å². The van der Waals surface area contributed by atoms with Crippen molar-refractivity contribution in [1.29, 1.82) is 0 Å². The first-order chi connectivity index (χ1) is 18.1. The van der Waals surface area contributed by atoms with E-state index in [4.69, 9.17) is 29.3 Å². The van der Waals surface area contributed by atoms with E-state index in [0.29, 0.717) is 6.54 Å². The molecule has 0 unspecified atom stereocenters. The van der Waals surface area contributed by atoms with Crippen molar-refractivity contribution in [2.75, 3.05) is 11.9 Å². The van der Waals surface area contributed by atoms with Gasteiger partial charge in [0.05, 0.1) is 24.5 Å². The summed E-state index contributed by atoms with van der Waals surface area (Å²) < 4.78 is 71.0. The van der Waals surface area contributed by atoms with Crippen molar-refractivity contribution in [3.05, 3.63) is 59.1 Å². The number of pyridine rings is 1. The van der Waals surface area contributed by atoms with Crippen LogP contribution in [0.4, 0.5) is 32.2 Å². The molecule has 1 aliphatic rings. The number of nitrogens with zero attached hydrogens (tertiary/aromatic N) is 5. The second-order valence-corrected chi connectivity index (χ2v) is 8.03. The number of anilines is 1. The fraction of sp³-hybridized carbons (Fsp3) is 0.409. The van der Waals surface area contributed by atoms with Gasteiger partial charge < -0.3 is 24.6 Å². The largest absolute Gasteiger partial charge is 0.490 e. The Hall–Kier alpha value is -4.15. The van der Waals surface area contributed by atoms with Crippen molar-refractivity contribution < 1.29 is 50.7 Å². The molecule has 0 atom stereocenters. The van der Waals surface area contributed by atoms with E-state index >= 15 is 0 Å². The van der Waals surface area contributed by atoms with Crippen LogP contribution in [0.5, 0.6) is 0 Å². The summed E-state index contributed by atoms with van der Waals surface area (Å²) in [6, 6.07) is 5.84. The summed E-state index contributed by atoms with van der Waals surface area (Å²) in [6.45, 7) is 8.31. The minimum Gasteiger partial charge on any atom is -0.475 e. The average Bonchev–Trinajstić information content (AvgIpc) is 3.40. The molecule has 17 heteroatoms. The monoisotopic (exact) mass is 566 g/mol. The first-order valence-electron chi connectivity index (χ1n) is 11.0. The second-order valence-electron chi connectivity index (χ2n) is 8.03. The van der Waals surface area contributed by atoms with E-state index in [-0.39, 0.29) is 0 Å². The zero-order valence-electron chi connectivity index (χ0n) is 20.5. The molecule has 11 nitrogen and oxygen atoms in total. The molecular weight excluding hydrogens is 542 g/mol. The predicted molar refractivity (Wildman–Crippen MR) is 121 cm³/mol. The molecule has 4 heterocycles. The normalized spacial score (nSPS) is 13.3. The molecule has 3 N–H and O–H groups in total. The van der Waals surface area contributed by atoms with Gasteiger partial charge in [-0.2, -0.15) is 26.3 Å². The van der Waals surface area contributed by atoms with Crippen LogP contribution in [-0.4, -0.2) is 65.6 Å². The lowest BCUT2D eigenvalue weighted by atomic mass is 10.2. The minimum absolute atomic E-state index is 0.681. The standard InChI is InChI=1S/C18H22N6O.2C2HF3O2/c1-13-16(14(2)25-22-13)11-23-7-8-24-10-15(21-18(24)12-23)9-20-17-5-3-4-6-19-17;2*3-2(4,5)1(6)7/h3-6,10H,7-9,11-12H2,1-2H3,(H,19,20);2*(H,6,7). The smallest absolute Gasteiger partial charge is 0.475 e. The lowest BCUT2D eigenvalue weighted by Crippen LogP contribution is -2.33. The maximum atomic E-state index is 10.6. The minimum atomic E-state index is -5.08. The highest BCUT2D eigenvalue weighted by Crippen LogP contribution is 2.20. The molecule has 0 fully saturated rings. The van der Waals surface area contributed by atoms with Crippen molar-refractivity contribution in [3.8, 4) is 0 Å². The fourth-order valence-electron chi connectivity index (χ4n) is 3.18. The molecule has 3 aromatic heterocycles. The van der Waals surface area contributed by atoms with Gasteiger partial charge in [0.25, 0.3) is 0 Å². The third-order valence-corrected chi connectivity index (χ3v) is 5.09. The number of aryl methyl sites for hydroxylation is 2. The van der Waals surface area contributed by atoms with Gasteiger partial charge in [-0.3, -0.25) is 4.90 Å². The summed E-state index contributed by atoms with van der Waals surface area (Å²) >= 11 is 0. The molecular formula is C22H24F6N6O5. The van der Waals surface area contributed by atoms with Crippen molar-refractivity contribution >= 4 is 17.8 Å². The Morgan fingerprint density at radius 2 is 1.67 bits per heavy atom. The fourth-order valence-corrected chi connectivity index (χ4v) is 3.18. The van der Waals surface area contributed by atoms with E-state index in [0.717, 1.165) is 55.0 Å². The molecule has 3 aromatic rings. The summed E-state index contributed by atoms with van der Waals surface area (Å²) in [7, 11) is 0. The van der Waals surface area contributed by atoms with E-state index in [1.54, 1.807) is 6.20 Å². The Morgan fingerprint density at radius 1 is 1.05 bits per heavy atom. The molecule has 0 amide bonds. The number of carbonyl (C=O) groups is 2. The number of aromatic nitrogens is 4. The number of imidazole rings is 1. The van der Waals surface area contributed by atoms with Crippen LogP contribution in [0.2, 0.25) is 0 Å². The number of aliphatic carboxylic acids is 2. The van der Waals surface area contributed by atoms with Crippen LogP contribution in [-0.2, 0) is 35.8 Å². The van der Waals surface area contributed by atoms with Crippen molar-refractivity contribution in [3.63, 3.8) is 0 Å². The number of nitrogens with one attached hydrogen (secondary N) is 1. The van der Waals surface area contributed by atoms with Gasteiger partial charge in [-0.1, -0.05) is 11.2 Å². The molecule has 0 radical (unpaired) electrons. The van der Waals surface area contributed by atoms with Gasteiger partial charge >= 0.3 is 24.3 Å². The van der Waals surface area contributed by atoms with Gasteiger partial charge in [-0.05, 0) is 26.0 Å². The maximum absolute atomic E-state index is 10.6. The van der Waals surface area contributed by atoms with E-state index < -0.39 is 24.3 Å². The summed E-state index contributed by atoms with van der Waals surface area (Å²) in [5.74, 6) is -2.63. The van der Waals surface area contributed by atoms with Crippen LogP contribution in [0.25, 0.3) is 0 Å². The summed E-state index contributed by atoms with van der Waals surface area (Å²) in [5.41, 5.74) is 3.21. The van der Waals surface area contributed by atoms with Gasteiger partial charge in [0, 0.05) is 37.6 Å². The quantitative estimate of drug-likeness (QED) is 0.390. The van der Waals surface area contributed by atoms with Crippen molar-refractivity contribution in [1.82, 2.24) is 24.6 Å². The first kappa shape index (κ1) is 31.1. The molecule has 39 heavy (non-hydrogen) atoms. The second kappa shape index (κ2) is 13.1. The van der Waals surface area contributed by atoms with E-state index in [9.17, 15) is 26.3 Å². The summed E-state index contributed by atoms with van der Waals surface area (Å²) in [6.07, 6.45) is -6.24. The molecule has 214 valence electrons. The first-order valence-corrected chi connectivity index (χ1v) is 11.0. The number of alkyl halides is 6. The lowest BCUT2D eigenvalue weighted by Gasteiger charge is -2.27. The van der Waals surface area contributed by atoms with Gasteiger partial charge in [0.15, 0.2) is 0 Å². The average molecular weight is 566 g/mol. The highest BCUT2D eigenvalue weighted by molar-refractivity contribution is 5.73. The highest BCUT2D eigenvalue weighted by Gasteiger charge is 2.38. The Morgan fingerprint density at radius 3 is 2.15 bits per heavy atom. The summed E-state index contributed by atoms with van der Waals surface area (Å²) in [4.78, 5) is 29.2. The molecule has 0 aliphatic carbocycles. The van der Waals surface area contributed by atoms with E-state index in [1.807, 2.05) is 32.0 Å². The Balaban J connectivity index is 0.000000317. The third-order valence-electron chi connectivity index (χ3n) is 5.09. The van der Waals surface area contributed by atoms with Crippen LogP contribution in [0, 0.1) is 13.8 Å². The molecule has 0 aromatic carbocycles. The van der Waals surface area contributed by atoms with E-state index in [2.05, 4.69) is 31.1 Å². The Kier molecular flexibility index (Phi) is 10.4. The molecule has 0 spiro atoms. The van der Waals surface area contributed by atoms with E-state index in [1.165, 1.54) is 5.56 Å². The van der Waals surface area contributed by atoms with Crippen LogP contribution >= 0.6 is 0 Å². The topological polar surface area (TPSA) is 147 Å². The zero-order chi connectivity index (χ0) is 29.4.